The van der Waals surface area contributed by atoms with E-state index in [1.807, 2.05) is 25.5 Å². The van der Waals surface area contributed by atoms with E-state index in [2.05, 4.69) is 19.8 Å². The summed E-state index contributed by atoms with van der Waals surface area (Å²) in [6, 6.07) is 7.06. The Morgan fingerprint density at radius 1 is 1.43 bits per heavy atom. The standard InChI is InChI=1S/C15H19FN4.ClH/c1-19-7-6-18-15(19)14-10-17-5-8-20(14)11-12-3-2-4-13(16)9-12;/h2-4,6-7,9,14,17H,5,8,10-11H2,1H3;1H. The van der Waals surface area contributed by atoms with Crippen LogP contribution in [0.15, 0.2) is 36.7 Å². The summed E-state index contributed by atoms with van der Waals surface area (Å²) in [5.74, 6) is 0.875. The predicted molar refractivity (Wildman–Crippen MR) is 82.9 cm³/mol. The smallest absolute Gasteiger partial charge is 0.127 e. The highest BCUT2D eigenvalue weighted by atomic mass is 35.5. The van der Waals surface area contributed by atoms with E-state index < -0.39 is 0 Å². The van der Waals surface area contributed by atoms with Crippen molar-refractivity contribution < 1.29 is 4.39 Å². The molecule has 1 aliphatic rings. The Balaban J connectivity index is 0.00000161. The van der Waals surface area contributed by atoms with Gasteiger partial charge in [-0.25, -0.2) is 9.37 Å². The average molecular weight is 311 g/mol. The van der Waals surface area contributed by atoms with Gasteiger partial charge in [-0.2, -0.15) is 0 Å². The number of benzene rings is 1. The Morgan fingerprint density at radius 2 is 2.29 bits per heavy atom. The van der Waals surface area contributed by atoms with Crippen molar-refractivity contribution in [3.8, 4) is 0 Å². The fraction of sp³-hybridized carbons (Fsp3) is 0.400. The van der Waals surface area contributed by atoms with Gasteiger partial charge in [-0.15, -0.1) is 12.4 Å². The van der Waals surface area contributed by atoms with Crippen molar-refractivity contribution in [1.82, 2.24) is 19.8 Å². The first-order valence-corrected chi connectivity index (χ1v) is 6.90. The number of hydrogen-bond donors (Lipinski definition) is 1. The summed E-state index contributed by atoms with van der Waals surface area (Å²) in [6.45, 7) is 3.52. The molecule has 6 heteroatoms. The van der Waals surface area contributed by atoms with Crippen molar-refractivity contribution in [2.75, 3.05) is 19.6 Å². The Labute approximate surface area is 130 Å². The molecule has 0 bridgehead atoms. The maximum atomic E-state index is 13.3. The topological polar surface area (TPSA) is 33.1 Å². The lowest BCUT2D eigenvalue weighted by atomic mass is 10.1. The van der Waals surface area contributed by atoms with E-state index >= 15 is 0 Å². The first kappa shape index (κ1) is 15.9. The number of rotatable bonds is 3. The number of nitrogens with one attached hydrogen (secondary N) is 1. The molecule has 1 aliphatic heterocycles. The largest absolute Gasteiger partial charge is 0.337 e. The average Bonchev–Trinajstić information content (AvgIpc) is 2.86. The molecule has 0 aliphatic carbocycles. The van der Waals surface area contributed by atoms with Crippen molar-refractivity contribution in [1.29, 1.82) is 0 Å². The summed E-state index contributed by atoms with van der Waals surface area (Å²) in [6.07, 6.45) is 3.79. The van der Waals surface area contributed by atoms with E-state index in [4.69, 9.17) is 0 Å². The van der Waals surface area contributed by atoms with E-state index in [0.717, 1.165) is 37.6 Å². The molecule has 1 aromatic carbocycles. The van der Waals surface area contributed by atoms with Crippen LogP contribution < -0.4 is 5.32 Å². The Morgan fingerprint density at radius 3 is 3.00 bits per heavy atom. The second-order valence-electron chi connectivity index (χ2n) is 5.22. The lowest BCUT2D eigenvalue weighted by Gasteiger charge is -2.35. The summed E-state index contributed by atoms with van der Waals surface area (Å²) < 4.78 is 15.4. The number of hydrogen-bond acceptors (Lipinski definition) is 3. The minimum absolute atomic E-state index is 0. The molecular weight excluding hydrogens is 291 g/mol. The molecule has 2 heterocycles. The quantitative estimate of drug-likeness (QED) is 0.943. The monoisotopic (exact) mass is 310 g/mol. The molecule has 1 N–H and O–H groups in total. The highest BCUT2D eigenvalue weighted by Gasteiger charge is 2.26. The second-order valence-corrected chi connectivity index (χ2v) is 5.22. The highest BCUT2D eigenvalue weighted by molar-refractivity contribution is 5.85. The van der Waals surface area contributed by atoms with Crippen molar-refractivity contribution in [2.24, 2.45) is 7.05 Å². The molecule has 0 radical (unpaired) electrons. The third-order valence-electron chi connectivity index (χ3n) is 3.79. The van der Waals surface area contributed by atoms with Crippen LogP contribution in [0.5, 0.6) is 0 Å². The van der Waals surface area contributed by atoms with E-state index in [-0.39, 0.29) is 24.3 Å². The molecule has 1 saturated heterocycles. The number of aryl methyl sites for hydroxylation is 1. The zero-order valence-electron chi connectivity index (χ0n) is 12.0. The molecule has 0 spiro atoms. The number of piperazine rings is 1. The van der Waals surface area contributed by atoms with Crippen LogP contribution in [0, 0.1) is 5.82 Å². The van der Waals surface area contributed by atoms with Gasteiger partial charge < -0.3 is 9.88 Å². The van der Waals surface area contributed by atoms with Crippen molar-refractivity contribution in [2.45, 2.75) is 12.6 Å². The van der Waals surface area contributed by atoms with Crippen molar-refractivity contribution >= 4 is 12.4 Å². The zero-order chi connectivity index (χ0) is 13.9. The molecule has 114 valence electrons. The van der Waals surface area contributed by atoms with Crippen LogP contribution in [0.25, 0.3) is 0 Å². The lowest BCUT2D eigenvalue weighted by molar-refractivity contribution is 0.144. The molecule has 4 nitrogen and oxygen atoms in total. The SMILES string of the molecule is Cl.Cn1ccnc1C1CNCCN1Cc1cccc(F)c1. The number of imidazole rings is 1. The zero-order valence-corrected chi connectivity index (χ0v) is 12.8. The van der Waals surface area contributed by atoms with Gasteiger partial charge in [0.15, 0.2) is 0 Å². The van der Waals surface area contributed by atoms with Gasteiger partial charge in [-0.3, -0.25) is 4.90 Å². The van der Waals surface area contributed by atoms with E-state index in [1.165, 1.54) is 6.07 Å². The predicted octanol–water partition coefficient (Wildman–Crippen LogP) is 2.13. The van der Waals surface area contributed by atoms with Gasteiger partial charge in [-0.1, -0.05) is 12.1 Å². The van der Waals surface area contributed by atoms with Crippen LogP contribution in [-0.2, 0) is 13.6 Å². The number of aromatic nitrogens is 2. The minimum atomic E-state index is -0.175. The van der Waals surface area contributed by atoms with E-state index in [1.54, 1.807) is 12.1 Å². The Hall–Kier alpha value is -1.43. The summed E-state index contributed by atoms with van der Waals surface area (Å²) >= 11 is 0. The number of halogens is 2. The van der Waals surface area contributed by atoms with Crippen LogP contribution in [0.2, 0.25) is 0 Å². The number of nitrogens with zero attached hydrogens (tertiary/aromatic N) is 3. The van der Waals surface area contributed by atoms with Crippen LogP contribution in [0.1, 0.15) is 17.4 Å². The maximum Gasteiger partial charge on any atom is 0.127 e. The molecule has 0 amide bonds. The van der Waals surface area contributed by atoms with Gasteiger partial charge >= 0.3 is 0 Å². The third-order valence-corrected chi connectivity index (χ3v) is 3.79. The van der Waals surface area contributed by atoms with Crippen LogP contribution in [-0.4, -0.2) is 34.1 Å². The Bertz CT molecular complexity index is 587. The van der Waals surface area contributed by atoms with Crippen molar-refractivity contribution in [3.05, 3.63) is 53.9 Å². The summed E-state index contributed by atoms with van der Waals surface area (Å²) in [4.78, 5) is 6.81. The molecule has 1 aromatic heterocycles. The molecule has 1 unspecified atom stereocenters. The van der Waals surface area contributed by atoms with Gasteiger partial charge in [0.1, 0.15) is 11.6 Å². The molecule has 1 fully saturated rings. The van der Waals surface area contributed by atoms with Crippen molar-refractivity contribution in [3.63, 3.8) is 0 Å². The minimum Gasteiger partial charge on any atom is -0.337 e. The first-order valence-electron chi connectivity index (χ1n) is 6.90. The molecule has 1 atom stereocenters. The van der Waals surface area contributed by atoms with E-state index in [0.29, 0.717) is 0 Å². The molecular formula is C15H20ClFN4. The fourth-order valence-corrected chi connectivity index (χ4v) is 2.76. The summed E-state index contributed by atoms with van der Waals surface area (Å²) in [5.41, 5.74) is 1.01. The third kappa shape index (κ3) is 3.61. The van der Waals surface area contributed by atoms with E-state index in [9.17, 15) is 4.39 Å². The highest BCUT2D eigenvalue weighted by Crippen LogP contribution is 2.22. The molecule has 3 rings (SSSR count). The summed E-state index contributed by atoms with van der Waals surface area (Å²) in [7, 11) is 2.01. The van der Waals surface area contributed by atoms with Gasteiger partial charge in [0.25, 0.3) is 0 Å². The molecule has 2 aromatic rings. The molecule has 21 heavy (non-hydrogen) atoms. The molecule has 0 saturated carbocycles. The lowest BCUT2D eigenvalue weighted by Crippen LogP contribution is -2.46. The van der Waals surface area contributed by atoms with Crippen LogP contribution in [0.4, 0.5) is 4.39 Å². The Kier molecular flexibility index (Phi) is 5.33. The van der Waals surface area contributed by atoms with Gasteiger partial charge in [0.2, 0.25) is 0 Å². The van der Waals surface area contributed by atoms with Gasteiger partial charge in [0, 0.05) is 45.6 Å². The van der Waals surface area contributed by atoms with Crippen LogP contribution in [0.3, 0.4) is 0 Å². The normalized spacial score (nSPS) is 19.2. The maximum absolute atomic E-state index is 13.3. The fourth-order valence-electron chi connectivity index (χ4n) is 2.76. The van der Waals surface area contributed by atoms with Gasteiger partial charge in [-0.05, 0) is 17.7 Å². The van der Waals surface area contributed by atoms with Crippen LogP contribution >= 0.6 is 12.4 Å². The van der Waals surface area contributed by atoms with Gasteiger partial charge in [0.05, 0.1) is 6.04 Å². The summed E-state index contributed by atoms with van der Waals surface area (Å²) in [5, 5.41) is 3.41. The second kappa shape index (κ2) is 7.02. The first-order chi connectivity index (χ1) is 9.74.